The molecule has 0 bridgehead atoms. The van der Waals surface area contributed by atoms with Crippen LogP contribution in [0, 0.1) is 5.92 Å². The van der Waals surface area contributed by atoms with Crippen molar-refractivity contribution in [2.45, 2.75) is 70.1 Å². The van der Waals surface area contributed by atoms with Crippen molar-refractivity contribution in [1.29, 1.82) is 0 Å². The molecule has 0 aliphatic rings. The fraction of sp³-hybridized carbons (Fsp3) is 0.667. The first-order chi connectivity index (χ1) is 17.6. The van der Waals surface area contributed by atoms with Crippen LogP contribution < -0.4 is 50.4 Å². The standard InChI is InChI=1S/C21H41N11O6/c1-10(2)15(32-16(34)11(22)9-14(23)33)18(36)30-12(5-3-7-28-20(24)25)17(35)31-13(19(37)38)6-4-8-29-21(26)27/h10-13,15H,3-9,22H2,1-2H3,(H2,23,33)(H,30,36)(H,31,35)(H,32,34)(H,37,38)(H4,24,25,28)(H4,26,27,29). The highest BCUT2D eigenvalue weighted by Gasteiger charge is 2.31. The van der Waals surface area contributed by atoms with E-state index in [2.05, 4.69) is 25.9 Å². The average Bonchev–Trinajstić information content (AvgIpc) is 2.79. The van der Waals surface area contributed by atoms with Gasteiger partial charge < -0.3 is 55.5 Å². The van der Waals surface area contributed by atoms with Gasteiger partial charge in [0.15, 0.2) is 11.9 Å². The number of guanidine groups is 2. The highest BCUT2D eigenvalue weighted by Crippen LogP contribution is 2.07. The van der Waals surface area contributed by atoms with E-state index in [1.165, 1.54) is 0 Å². The molecule has 0 aromatic heterocycles. The quantitative estimate of drug-likeness (QED) is 0.0446. The molecule has 216 valence electrons. The Hall–Kier alpha value is -4.15. The Bertz CT molecular complexity index is 885. The second-order valence-electron chi connectivity index (χ2n) is 8.87. The minimum absolute atomic E-state index is 0.0228. The van der Waals surface area contributed by atoms with Gasteiger partial charge in [-0.15, -0.1) is 0 Å². The normalized spacial score (nSPS) is 13.8. The van der Waals surface area contributed by atoms with Crippen molar-refractivity contribution < 1.29 is 29.1 Å². The molecule has 4 atom stereocenters. The van der Waals surface area contributed by atoms with Crippen LogP contribution in [-0.2, 0) is 24.0 Å². The maximum atomic E-state index is 13.1. The molecule has 0 rings (SSSR count). The van der Waals surface area contributed by atoms with Crippen LogP contribution in [0.25, 0.3) is 0 Å². The van der Waals surface area contributed by atoms with Crippen molar-refractivity contribution in [1.82, 2.24) is 16.0 Å². The van der Waals surface area contributed by atoms with E-state index in [4.69, 9.17) is 34.4 Å². The van der Waals surface area contributed by atoms with Crippen LogP contribution in [0.2, 0.25) is 0 Å². The molecule has 0 aliphatic carbocycles. The maximum absolute atomic E-state index is 13.1. The Morgan fingerprint density at radius 1 is 0.737 bits per heavy atom. The first kappa shape index (κ1) is 33.8. The minimum Gasteiger partial charge on any atom is -0.480 e. The van der Waals surface area contributed by atoms with Gasteiger partial charge in [0.2, 0.25) is 23.6 Å². The zero-order chi connectivity index (χ0) is 29.4. The number of nitrogens with zero attached hydrogens (tertiary/aromatic N) is 2. The van der Waals surface area contributed by atoms with Crippen molar-refractivity contribution in [2.75, 3.05) is 13.1 Å². The molecule has 16 N–H and O–H groups in total. The van der Waals surface area contributed by atoms with Crippen molar-refractivity contribution in [3.8, 4) is 0 Å². The predicted octanol–water partition coefficient (Wildman–Crippen LogP) is -4.51. The number of carboxylic acid groups (broad SMARTS) is 1. The van der Waals surface area contributed by atoms with Gasteiger partial charge in [-0.3, -0.25) is 29.2 Å². The Morgan fingerprint density at radius 2 is 1.21 bits per heavy atom. The minimum atomic E-state index is -1.29. The Labute approximate surface area is 220 Å². The van der Waals surface area contributed by atoms with Crippen LogP contribution >= 0.6 is 0 Å². The Kier molecular flexibility index (Phi) is 15.4. The number of amides is 4. The lowest BCUT2D eigenvalue weighted by atomic mass is 10.0. The number of hydrogen-bond acceptors (Lipinski definition) is 8. The third-order valence-electron chi connectivity index (χ3n) is 5.14. The molecule has 4 unspecified atom stereocenters. The van der Waals surface area contributed by atoms with E-state index in [0.717, 1.165) is 0 Å². The van der Waals surface area contributed by atoms with Crippen LogP contribution in [0.5, 0.6) is 0 Å². The zero-order valence-electron chi connectivity index (χ0n) is 21.7. The predicted molar refractivity (Wildman–Crippen MR) is 140 cm³/mol. The monoisotopic (exact) mass is 543 g/mol. The third kappa shape index (κ3) is 14.4. The van der Waals surface area contributed by atoms with Gasteiger partial charge in [0.05, 0.1) is 12.5 Å². The molecule has 0 radical (unpaired) electrons. The van der Waals surface area contributed by atoms with Gasteiger partial charge >= 0.3 is 5.97 Å². The summed E-state index contributed by atoms with van der Waals surface area (Å²) in [4.78, 5) is 68.7. The first-order valence-corrected chi connectivity index (χ1v) is 11.9. The van der Waals surface area contributed by atoms with Gasteiger partial charge in [-0.25, -0.2) is 4.79 Å². The van der Waals surface area contributed by atoms with Crippen LogP contribution in [-0.4, -0.2) is 83.9 Å². The van der Waals surface area contributed by atoms with Crippen molar-refractivity contribution in [2.24, 2.45) is 50.3 Å². The van der Waals surface area contributed by atoms with E-state index < -0.39 is 66.1 Å². The van der Waals surface area contributed by atoms with Crippen molar-refractivity contribution >= 4 is 41.5 Å². The summed E-state index contributed by atoms with van der Waals surface area (Å²) in [6.45, 7) is 3.60. The number of carbonyl (C=O) groups excluding carboxylic acids is 4. The highest BCUT2D eigenvalue weighted by atomic mass is 16.4. The molecule has 0 heterocycles. The molecule has 0 aromatic rings. The van der Waals surface area contributed by atoms with E-state index in [-0.39, 0.29) is 50.7 Å². The van der Waals surface area contributed by atoms with Crippen LogP contribution in [0.15, 0.2) is 9.98 Å². The fourth-order valence-electron chi connectivity index (χ4n) is 3.17. The molecule has 0 aromatic carbocycles. The molecule has 0 aliphatic heterocycles. The molecular weight excluding hydrogens is 502 g/mol. The Balaban J connectivity index is 5.58. The fourth-order valence-corrected chi connectivity index (χ4v) is 3.17. The molecule has 17 heteroatoms. The SMILES string of the molecule is CC(C)C(NC(=O)C(N)CC(N)=O)C(=O)NC(CCCN=C(N)N)C(=O)NC(CCCN=C(N)N)C(=O)O. The second kappa shape index (κ2) is 17.3. The number of carboxylic acids is 1. The highest BCUT2D eigenvalue weighted by molar-refractivity contribution is 5.95. The van der Waals surface area contributed by atoms with E-state index in [1.54, 1.807) is 13.8 Å². The summed E-state index contributed by atoms with van der Waals surface area (Å²) in [5, 5.41) is 16.9. The summed E-state index contributed by atoms with van der Waals surface area (Å²) in [5.41, 5.74) is 31.8. The average molecular weight is 544 g/mol. The number of rotatable bonds is 18. The van der Waals surface area contributed by atoms with Gasteiger partial charge in [-0.1, -0.05) is 13.8 Å². The lowest BCUT2D eigenvalue weighted by Crippen LogP contribution is -2.58. The van der Waals surface area contributed by atoms with Crippen LogP contribution in [0.3, 0.4) is 0 Å². The summed E-state index contributed by atoms with van der Waals surface area (Å²) in [7, 11) is 0. The molecule has 4 amide bonds. The Morgan fingerprint density at radius 3 is 1.63 bits per heavy atom. The topological polar surface area (TPSA) is 323 Å². The van der Waals surface area contributed by atoms with E-state index in [0.29, 0.717) is 0 Å². The van der Waals surface area contributed by atoms with E-state index in [9.17, 15) is 29.1 Å². The zero-order valence-corrected chi connectivity index (χ0v) is 21.7. The van der Waals surface area contributed by atoms with Gasteiger partial charge in [0.25, 0.3) is 0 Å². The molecule has 0 saturated carbocycles. The van der Waals surface area contributed by atoms with Crippen molar-refractivity contribution in [3.63, 3.8) is 0 Å². The van der Waals surface area contributed by atoms with Crippen molar-refractivity contribution in [3.05, 3.63) is 0 Å². The molecule has 0 saturated heterocycles. The van der Waals surface area contributed by atoms with Gasteiger partial charge in [0.1, 0.15) is 18.1 Å². The summed E-state index contributed by atoms with van der Waals surface area (Å²) in [5.74, 6) is -5.09. The van der Waals surface area contributed by atoms with E-state index >= 15 is 0 Å². The smallest absolute Gasteiger partial charge is 0.326 e. The number of aliphatic imine (C=N–C) groups is 2. The number of hydrogen-bond donors (Lipinski definition) is 10. The molecular formula is C21H41N11O6. The number of carbonyl (C=O) groups is 5. The second-order valence-corrected chi connectivity index (χ2v) is 8.87. The molecule has 0 spiro atoms. The van der Waals surface area contributed by atoms with E-state index in [1.807, 2.05) is 0 Å². The lowest BCUT2D eigenvalue weighted by Gasteiger charge is -2.27. The number of primary amides is 1. The van der Waals surface area contributed by atoms with Gasteiger partial charge in [-0.05, 0) is 31.6 Å². The summed E-state index contributed by atoms with van der Waals surface area (Å²) >= 11 is 0. The molecule has 17 nitrogen and oxygen atoms in total. The molecule has 0 fully saturated rings. The number of aliphatic carboxylic acids is 1. The van der Waals surface area contributed by atoms with Crippen LogP contribution in [0.1, 0.15) is 46.0 Å². The van der Waals surface area contributed by atoms with Crippen LogP contribution in [0.4, 0.5) is 0 Å². The summed E-state index contributed by atoms with van der Waals surface area (Å²) in [6, 6.07) is -4.85. The first-order valence-electron chi connectivity index (χ1n) is 11.9. The largest absolute Gasteiger partial charge is 0.480 e. The number of nitrogens with one attached hydrogen (secondary N) is 3. The third-order valence-corrected chi connectivity index (χ3v) is 5.14. The van der Waals surface area contributed by atoms with Gasteiger partial charge in [-0.2, -0.15) is 0 Å². The molecule has 38 heavy (non-hydrogen) atoms. The van der Waals surface area contributed by atoms with Gasteiger partial charge in [0, 0.05) is 13.1 Å². The summed E-state index contributed by atoms with van der Waals surface area (Å²) in [6.07, 6.45) is 0.182. The number of nitrogens with two attached hydrogens (primary N) is 6. The lowest BCUT2D eigenvalue weighted by molar-refractivity contribution is -0.142. The maximum Gasteiger partial charge on any atom is 0.326 e. The summed E-state index contributed by atoms with van der Waals surface area (Å²) < 4.78 is 0.